The summed E-state index contributed by atoms with van der Waals surface area (Å²) in [6.07, 6.45) is 8.03. The van der Waals surface area contributed by atoms with E-state index in [4.69, 9.17) is 28.4 Å². The fourth-order valence-corrected chi connectivity index (χ4v) is 9.13. The van der Waals surface area contributed by atoms with Gasteiger partial charge in [-0.15, -0.1) is 0 Å². The molecule has 0 saturated carbocycles. The number of hydrogen-bond donors (Lipinski definition) is 4. The van der Waals surface area contributed by atoms with E-state index in [2.05, 4.69) is 72.6 Å². The monoisotopic (exact) mass is 1060 g/mol. The zero-order chi connectivity index (χ0) is 52.7. The molecule has 2 rings (SSSR count). The molecule has 0 bridgehead atoms. The zero-order valence-corrected chi connectivity index (χ0v) is 47.3. The smallest absolute Gasteiger partial charge is 0.251 e. The van der Waals surface area contributed by atoms with Crippen LogP contribution in [0.2, 0.25) is 0 Å². The van der Waals surface area contributed by atoms with Crippen LogP contribution in [0.25, 0.3) is 0 Å². The van der Waals surface area contributed by atoms with Gasteiger partial charge in [-0.25, -0.2) is 0 Å². The van der Waals surface area contributed by atoms with Crippen LogP contribution in [0.15, 0.2) is 48.5 Å². The van der Waals surface area contributed by atoms with Crippen molar-refractivity contribution in [3.8, 4) is 35.2 Å². The van der Waals surface area contributed by atoms with Crippen molar-refractivity contribution < 1.29 is 47.6 Å². The van der Waals surface area contributed by atoms with Crippen molar-refractivity contribution in [2.45, 2.75) is 98.4 Å². The third kappa shape index (κ3) is 36.0. The quantitative estimate of drug-likeness (QED) is 0.0226. The van der Waals surface area contributed by atoms with E-state index in [9.17, 15) is 19.2 Å². The molecular weight excluding hydrogens is 981 g/mol. The number of amides is 4. The molecule has 0 aliphatic heterocycles. The van der Waals surface area contributed by atoms with Crippen LogP contribution in [-0.2, 0) is 28.5 Å². The Morgan fingerprint density at radius 2 is 1.13 bits per heavy atom. The van der Waals surface area contributed by atoms with Gasteiger partial charge >= 0.3 is 0 Å². The standard InChI is InChI=1S/C27H42N2O5S2.C26H40N2O5S2/c1-21(2)10-8-14-28-25(30)19-32-16-17-34-27(5,36-35-6)20-33-24-13-7-12-23(18-24)26(31)29-15-9-11-22(3)4;1-20(2)9-7-13-27-24(29)18-31-15-16-32-25(35-34-5)19-33-23-12-6-11-22(17-23)26(30)28-14-8-10-21(3)4/h7,12-13,18,21-22H,9,11,14-17,19-20H2,1-6H3,(H,28,30)(H,29,31);6,11-12,17,20-21,25H,8,10,13-16,18-19H2,1-5H3,(H,27,29)(H,28,30)/t27-;25-/m11/s1. The van der Waals surface area contributed by atoms with Gasteiger partial charge in [0.2, 0.25) is 11.8 Å². The molecule has 0 spiro atoms. The van der Waals surface area contributed by atoms with Gasteiger partial charge in [0.15, 0.2) is 4.93 Å². The minimum atomic E-state index is -0.632. The van der Waals surface area contributed by atoms with Crippen LogP contribution in [0.5, 0.6) is 11.5 Å². The van der Waals surface area contributed by atoms with Gasteiger partial charge in [-0.05, 0) is 93.4 Å². The van der Waals surface area contributed by atoms with Crippen molar-refractivity contribution in [2.24, 2.45) is 23.7 Å². The Morgan fingerprint density at radius 3 is 1.59 bits per heavy atom. The van der Waals surface area contributed by atoms with Gasteiger partial charge in [0.25, 0.3) is 11.8 Å². The first kappa shape index (κ1) is 65.3. The molecule has 18 heteroatoms. The normalized spacial score (nSPS) is 12.1. The van der Waals surface area contributed by atoms with E-state index in [0.29, 0.717) is 87.1 Å². The highest BCUT2D eigenvalue weighted by Crippen LogP contribution is 2.36. The first-order chi connectivity index (χ1) is 34.0. The van der Waals surface area contributed by atoms with Gasteiger partial charge in [-0.1, -0.05) is 134 Å². The lowest BCUT2D eigenvalue weighted by Crippen LogP contribution is -2.33. The molecule has 0 aliphatic rings. The zero-order valence-electron chi connectivity index (χ0n) is 44.0. The molecule has 0 aromatic heterocycles. The highest BCUT2D eigenvalue weighted by atomic mass is 33.1. The summed E-state index contributed by atoms with van der Waals surface area (Å²) in [5, 5.41) is 11.3. The van der Waals surface area contributed by atoms with Crippen molar-refractivity contribution >= 4 is 66.8 Å². The molecule has 0 radical (unpaired) electrons. The lowest BCUT2D eigenvalue weighted by Gasteiger charge is -2.28. The number of hydrogen-bond acceptors (Lipinski definition) is 14. The first-order valence-electron chi connectivity index (χ1n) is 24.3. The molecule has 0 heterocycles. The van der Waals surface area contributed by atoms with Crippen LogP contribution in [0.1, 0.15) is 109 Å². The van der Waals surface area contributed by atoms with Crippen LogP contribution in [0.3, 0.4) is 0 Å². The van der Waals surface area contributed by atoms with Crippen LogP contribution in [0, 0.1) is 47.4 Å². The van der Waals surface area contributed by atoms with E-state index < -0.39 is 4.93 Å². The highest BCUT2D eigenvalue weighted by Gasteiger charge is 2.27. The second kappa shape index (κ2) is 40.7. The summed E-state index contributed by atoms with van der Waals surface area (Å²) in [5.74, 6) is 14.2. The summed E-state index contributed by atoms with van der Waals surface area (Å²) in [6.45, 7) is 22.4. The van der Waals surface area contributed by atoms with Crippen molar-refractivity contribution in [3.05, 3.63) is 59.7 Å². The molecule has 398 valence electrons. The Bertz CT molecular complexity index is 1940. The van der Waals surface area contributed by atoms with Gasteiger partial charge in [0.05, 0.1) is 39.5 Å². The molecule has 71 heavy (non-hydrogen) atoms. The van der Waals surface area contributed by atoms with Gasteiger partial charge in [-0.2, -0.15) is 0 Å². The molecule has 4 N–H and O–H groups in total. The Kier molecular flexibility index (Phi) is 37.5. The highest BCUT2D eigenvalue weighted by molar-refractivity contribution is 8.77. The van der Waals surface area contributed by atoms with Crippen LogP contribution in [-0.4, -0.2) is 126 Å². The van der Waals surface area contributed by atoms with Gasteiger partial charge < -0.3 is 49.7 Å². The second-order valence-electron chi connectivity index (χ2n) is 17.6. The maximum atomic E-state index is 12.4. The molecule has 0 aliphatic carbocycles. The molecular formula is C53H82N4O10S4. The molecule has 2 aromatic carbocycles. The maximum absolute atomic E-state index is 12.4. The maximum Gasteiger partial charge on any atom is 0.251 e. The van der Waals surface area contributed by atoms with Gasteiger partial charge in [0, 0.05) is 36.1 Å². The third-order valence-corrected chi connectivity index (χ3v) is 13.4. The Morgan fingerprint density at radius 1 is 0.634 bits per heavy atom. The fourth-order valence-electron chi connectivity index (χ4n) is 5.72. The number of nitrogens with one attached hydrogen (secondary N) is 4. The molecule has 0 unspecified atom stereocenters. The average molecular weight is 1060 g/mol. The molecule has 0 saturated heterocycles. The van der Waals surface area contributed by atoms with Gasteiger partial charge in [0.1, 0.15) is 43.4 Å². The molecule has 2 atom stereocenters. The number of carbonyl (C=O) groups excluding carboxylic acids is 4. The predicted octanol–water partition coefficient (Wildman–Crippen LogP) is 9.15. The lowest BCUT2D eigenvalue weighted by atomic mass is 10.1. The molecule has 14 nitrogen and oxygen atoms in total. The summed E-state index contributed by atoms with van der Waals surface area (Å²) in [6, 6.07) is 14.3. The van der Waals surface area contributed by atoms with E-state index in [1.807, 2.05) is 71.4 Å². The molecule has 2 aromatic rings. The number of ether oxygens (including phenoxy) is 6. The SMILES string of the molecule is CSS[C@H](COc1cccc(C(=O)NCCCC(C)C)c1)OCCOCC(=O)NCC#CC(C)C.CSS[C@](C)(COc1cccc(C(=O)NCCCC(C)C)c1)OCCOCC(=O)NCC#CC(C)C. The van der Waals surface area contributed by atoms with E-state index in [-0.39, 0.29) is 67.3 Å². The number of carbonyl (C=O) groups is 4. The minimum Gasteiger partial charge on any atom is -0.490 e. The minimum absolute atomic E-state index is 0.0319. The van der Waals surface area contributed by atoms with Crippen molar-refractivity contribution in [3.63, 3.8) is 0 Å². The largest absolute Gasteiger partial charge is 0.490 e. The Hall–Kier alpha value is -3.72. The third-order valence-electron chi connectivity index (χ3n) is 9.19. The van der Waals surface area contributed by atoms with E-state index in [0.717, 1.165) is 25.7 Å². The number of benzene rings is 2. The number of rotatable bonds is 34. The summed E-state index contributed by atoms with van der Waals surface area (Å²) in [4.78, 5) is 47.7. The van der Waals surface area contributed by atoms with Crippen LogP contribution < -0.4 is 30.7 Å². The average Bonchev–Trinajstić information content (AvgIpc) is 3.33. The lowest BCUT2D eigenvalue weighted by molar-refractivity contribution is -0.127. The summed E-state index contributed by atoms with van der Waals surface area (Å²) >= 11 is 0. The topological polar surface area (TPSA) is 172 Å². The van der Waals surface area contributed by atoms with Gasteiger partial charge in [-0.3, -0.25) is 19.2 Å². The fraction of sp³-hybridized carbons (Fsp3) is 0.623. The van der Waals surface area contributed by atoms with Crippen LogP contribution in [0.4, 0.5) is 0 Å². The predicted molar refractivity (Wildman–Crippen MR) is 296 cm³/mol. The Labute approximate surface area is 441 Å². The van der Waals surface area contributed by atoms with E-state index in [1.165, 1.54) is 0 Å². The van der Waals surface area contributed by atoms with Crippen molar-refractivity contribution in [2.75, 3.05) is 91.5 Å². The summed E-state index contributed by atoms with van der Waals surface area (Å²) in [7, 11) is 6.24. The molecule has 4 amide bonds. The summed E-state index contributed by atoms with van der Waals surface area (Å²) in [5.41, 5.74) is 0.921. The van der Waals surface area contributed by atoms with Crippen molar-refractivity contribution in [1.82, 2.24) is 21.3 Å². The molecule has 0 fully saturated rings. The first-order valence-corrected chi connectivity index (χ1v) is 29.5. The second-order valence-corrected chi connectivity index (χ2v) is 23.1. The van der Waals surface area contributed by atoms with E-state index in [1.54, 1.807) is 67.4 Å². The van der Waals surface area contributed by atoms with Crippen LogP contribution >= 0.6 is 43.2 Å². The van der Waals surface area contributed by atoms with E-state index >= 15 is 0 Å². The van der Waals surface area contributed by atoms with Crippen molar-refractivity contribution in [1.29, 1.82) is 0 Å². The summed E-state index contributed by atoms with van der Waals surface area (Å²) < 4.78 is 34.5. The Balaban J connectivity index is 0.000000710.